The molecule has 0 saturated heterocycles. The van der Waals surface area contributed by atoms with Crippen molar-refractivity contribution in [2.75, 3.05) is 7.11 Å². The zero-order valence-corrected chi connectivity index (χ0v) is 13.5. The molecule has 0 saturated carbocycles. The van der Waals surface area contributed by atoms with Crippen molar-refractivity contribution in [3.63, 3.8) is 0 Å². The Labute approximate surface area is 126 Å². The largest absolute Gasteiger partial charge is 0.497 e. The first-order chi connectivity index (χ1) is 9.88. The molecular weight excluding hydrogens is 268 g/mol. The summed E-state index contributed by atoms with van der Waals surface area (Å²) in [7, 11) is 1.59. The molecule has 21 heavy (non-hydrogen) atoms. The second kappa shape index (κ2) is 7.88. The number of carbonyl (C=O) groups is 1. The monoisotopic (exact) mass is 294 g/mol. The van der Waals surface area contributed by atoms with Crippen LogP contribution < -0.4 is 20.5 Å². The summed E-state index contributed by atoms with van der Waals surface area (Å²) < 4.78 is 11.0. The van der Waals surface area contributed by atoms with E-state index < -0.39 is 6.10 Å². The summed E-state index contributed by atoms with van der Waals surface area (Å²) in [5.74, 6) is 1.11. The van der Waals surface area contributed by atoms with Gasteiger partial charge in [0.25, 0.3) is 5.91 Å². The summed E-state index contributed by atoms with van der Waals surface area (Å²) in [4.78, 5) is 12.1. The number of hydrogen-bond acceptors (Lipinski definition) is 4. The van der Waals surface area contributed by atoms with Gasteiger partial charge in [0.15, 0.2) is 6.10 Å². The van der Waals surface area contributed by atoms with E-state index in [1.165, 1.54) is 0 Å². The molecule has 1 aromatic carbocycles. The van der Waals surface area contributed by atoms with Crippen LogP contribution in [0.3, 0.4) is 0 Å². The molecule has 1 rings (SSSR count). The highest BCUT2D eigenvalue weighted by Gasteiger charge is 2.19. The quantitative estimate of drug-likeness (QED) is 0.810. The Morgan fingerprint density at radius 1 is 1.33 bits per heavy atom. The summed E-state index contributed by atoms with van der Waals surface area (Å²) in [6.07, 6.45) is 0.284. The molecule has 5 heteroatoms. The second-order valence-corrected chi connectivity index (χ2v) is 5.27. The van der Waals surface area contributed by atoms with Crippen molar-refractivity contribution in [2.45, 2.75) is 52.3 Å². The van der Waals surface area contributed by atoms with Crippen molar-refractivity contribution >= 4 is 5.91 Å². The molecule has 5 nitrogen and oxygen atoms in total. The Balaban J connectivity index is 2.87. The molecule has 0 fully saturated rings. The highest BCUT2D eigenvalue weighted by atomic mass is 16.5. The lowest BCUT2D eigenvalue weighted by Gasteiger charge is -2.21. The number of methoxy groups -OCH3 is 1. The van der Waals surface area contributed by atoms with Gasteiger partial charge in [0, 0.05) is 23.7 Å². The third-order valence-electron chi connectivity index (χ3n) is 3.39. The third kappa shape index (κ3) is 4.93. The van der Waals surface area contributed by atoms with E-state index in [2.05, 4.69) is 5.32 Å². The van der Waals surface area contributed by atoms with Gasteiger partial charge in [-0.2, -0.15) is 0 Å². The molecule has 1 amide bonds. The van der Waals surface area contributed by atoms with Gasteiger partial charge >= 0.3 is 0 Å². The zero-order valence-electron chi connectivity index (χ0n) is 13.5. The Morgan fingerprint density at radius 2 is 2.00 bits per heavy atom. The molecule has 3 atom stereocenters. The average molecular weight is 294 g/mol. The Hall–Kier alpha value is -1.75. The molecule has 0 aromatic heterocycles. The molecular formula is C16H26N2O3. The highest BCUT2D eigenvalue weighted by Crippen LogP contribution is 2.29. The molecule has 118 valence electrons. The van der Waals surface area contributed by atoms with Crippen molar-refractivity contribution in [2.24, 2.45) is 5.73 Å². The third-order valence-corrected chi connectivity index (χ3v) is 3.39. The number of nitrogens with two attached hydrogens (primary N) is 1. The number of nitrogens with one attached hydrogen (secondary N) is 1. The van der Waals surface area contributed by atoms with Gasteiger partial charge in [0.05, 0.1) is 7.11 Å². The van der Waals surface area contributed by atoms with Gasteiger partial charge in [-0.25, -0.2) is 0 Å². The smallest absolute Gasteiger partial charge is 0.260 e. The zero-order chi connectivity index (χ0) is 16.0. The molecule has 1 aromatic rings. The lowest BCUT2D eigenvalue weighted by atomic mass is 10.1. The van der Waals surface area contributed by atoms with Crippen LogP contribution in [0.2, 0.25) is 0 Å². The van der Waals surface area contributed by atoms with Gasteiger partial charge in [-0.1, -0.05) is 13.0 Å². The first kappa shape index (κ1) is 17.3. The van der Waals surface area contributed by atoms with Crippen LogP contribution in [0.15, 0.2) is 18.2 Å². The minimum Gasteiger partial charge on any atom is -0.497 e. The molecule has 3 N–H and O–H groups in total. The van der Waals surface area contributed by atoms with Gasteiger partial charge in [0.1, 0.15) is 11.5 Å². The van der Waals surface area contributed by atoms with E-state index in [0.717, 1.165) is 12.0 Å². The highest BCUT2D eigenvalue weighted by molar-refractivity contribution is 5.81. The number of amides is 1. The molecule has 0 spiro atoms. The summed E-state index contributed by atoms with van der Waals surface area (Å²) in [6.45, 7) is 7.58. The summed E-state index contributed by atoms with van der Waals surface area (Å²) >= 11 is 0. The fourth-order valence-electron chi connectivity index (χ4n) is 1.83. The second-order valence-electron chi connectivity index (χ2n) is 5.27. The van der Waals surface area contributed by atoms with E-state index in [-0.39, 0.29) is 18.0 Å². The van der Waals surface area contributed by atoms with Crippen molar-refractivity contribution in [1.29, 1.82) is 0 Å². The normalized spacial score (nSPS) is 15.0. The van der Waals surface area contributed by atoms with E-state index >= 15 is 0 Å². The summed E-state index contributed by atoms with van der Waals surface area (Å²) in [5, 5.41) is 2.90. The SMILES string of the molecule is CCC(C)NC(=O)C(C)Oc1cc(OC)ccc1C(C)N. The van der Waals surface area contributed by atoms with Crippen LogP contribution in [0, 0.1) is 0 Å². The number of benzene rings is 1. The Kier molecular flexibility index (Phi) is 6.49. The van der Waals surface area contributed by atoms with E-state index in [1.807, 2.05) is 32.9 Å². The fourth-order valence-corrected chi connectivity index (χ4v) is 1.83. The molecule has 0 heterocycles. The first-order valence-corrected chi connectivity index (χ1v) is 7.29. The van der Waals surface area contributed by atoms with Gasteiger partial charge in [0.2, 0.25) is 0 Å². The van der Waals surface area contributed by atoms with E-state index in [4.69, 9.17) is 15.2 Å². The topological polar surface area (TPSA) is 73.6 Å². The summed E-state index contributed by atoms with van der Waals surface area (Å²) in [6, 6.07) is 5.39. The molecule has 0 bridgehead atoms. The number of rotatable bonds is 7. The minimum absolute atomic E-state index is 0.127. The van der Waals surface area contributed by atoms with Crippen LogP contribution >= 0.6 is 0 Å². The van der Waals surface area contributed by atoms with Crippen LogP contribution in [0.25, 0.3) is 0 Å². The molecule has 0 aliphatic carbocycles. The molecule has 0 aliphatic rings. The van der Waals surface area contributed by atoms with Crippen molar-refractivity contribution in [3.8, 4) is 11.5 Å². The maximum atomic E-state index is 12.1. The van der Waals surface area contributed by atoms with Crippen molar-refractivity contribution in [1.82, 2.24) is 5.32 Å². The van der Waals surface area contributed by atoms with Crippen molar-refractivity contribution in [3.05, 3.63) is 23.8 Å². The fraction of sp³-hybridized carbons (Fsp3) is 0.562. The maximum Gasteiger partial charge on any atom is 0.260 e. The number of hydrogen-bond donors (Lipinski definition) is 2. The average Bonchev–Trinajstić information content (AvgIpc) is 2.46. The predicted molar refractivity (Wildman–Crippen MR) is 83.6 cm³/mol. The van der Waals surface area contributed by atoms with Crippen LogP contribution in [-0.4, -0.2) is 25.2 Å². The van der Waals surface area contributed by atoms with Crippen LogP contribution in [-0.2, 0) is 4.79 Å². The van der Waals surface area contributed by atoms with Crippen LogP contribution in [0.5, 0.6) is 11.5 Å². The van der Waals surface area contributed by atoms with Gasteiger partial charge < -0.3 is 20.5 Å². The lowest BCUT2D eigenvalue weighted by Crippen LogP contribution is -2.41. The predicted octanol–water partition coefficient (Wildman–Crippen LogP) is 2.40. The summed E-state index contributed by atoms with van der Waals surface area (Å²) in [5.41, 5.74) is 6.79. The van der Waals surface area contributed by atoms with Gasteiger partial charge in [-0.3, -0.25) is 4.79 Å². The van der Waals surface area contributed by atoms with Crippen LogP contribution in [0.1, 0.15) is 45.7 Å². The van der Waals surface area contributed by atoms with E-state index in [0.29, 0.717) is 11.5 Å². The Bertz CT molecular complexity index is 475. The first-order valence-electron chi connectivity index (χ1n) is 7.29. The molecule has 0 radical (unpaired) electrons. The van der Waals surface area contributed by atoms with Crippen molar-refractivity contribution < 1.29 is 14.3 Å². The minimum atomic E-state index is -0.594. The van der Waals surface area contributed by atoms with Gasteiger partial charge in [-0.15, -0.1) is 0 Å². The lowest BCUT2D eigenvalue weighted by molar-refractivity contribution is -0.127. The Morgan fingerprint density at radius 3 is 2.52 bits per heavy atom. The number of ether oxygens (including phenoxy) is 2. The van der Waals surface area contributed by atoms with Crippen LogP contribution in [0.4, 0.5) is 0 Å². The molecule has 0 aliphatic heterocycles. The van der Waals surface area contributed by atoms with E-state index in [1.54, 1.807) is 20.1 Å². The standard InChI is InChI=1S/C16H26N2O3/c1-6-10(2)18-16(19)12(4)21-15-9-13(20-5)7-8-14(15)11(3)17/h7-12H,6,17H2,1-5H3,(H,18,19). The molecule has 3 unspecified atom stereocenters. The van der Waals surface area contributed by atoms with E-state index in [9.17, 15) is 4.79 Å². The maximum absolute atomic E-state index is 12.1. The van der Waals surface area contributed by atoms with Gasteiger partial charge in [-0.05, 0) is 33.3 Å². The number of carbonyl (C=O) groups excluding carboxylic acids is 1.